The van der Waals surface area contributed by atoms with Crippen LogP contribution >= 0.6 is 27.5 Å². The molecule has 1 aromatic carbocycles. The quantitative estimate of drug-likeness (QED) is 0.652. The highest BCUT2D eigenvalue weighted by molar-refractivity contribution is 9.10. The number of anilines is 2. The van der Waals surface area contributed by atoms with Crippen LogP contribution in [0.25, 0.3) is 0 Å². The molecule has 7 heteroatoms. The van der Waals surface area contributed by atoms with Gasteiger partial charge in [-0.2, -0.15) is 0 Å². The maximum absolute atomic E-state index is 11.7. The van der Waals surface area contributed by atoms with Gasteiger partial charge in [0.1, 0.15) is 10.9 Å². The molecule has 1 heterocycles. The van der Waals surface area contributed by atoms with Crippen molar-refractivity contribution < 1.29 is 9.53 Å². The lowest BCUT2D eigenvalue weighted by Crippen LogP contribution is -2.20. The maximum atomic E-state index is 11.7. The van der Waals surface area contributed by atoms with Gasteiger partial charge >= 0.3 is 0 Å². The van der Waals surface area contributed by atoms with E-state index in [-0.39, 0.29) is 12.5 Å². The van der Waals surface area contributed by atoms with E-state index in [2.05, 4.69) is 26.2 Å². The molecular formula is C13H11BrClN3O2. The molecular weight excluding hydrogens is 346 g/mol. The van der Waals surface area contributed by atoms with Crippen LogP contribution in [0.15, 0.2) is 41.0 Å². The van der Waals surface area contributed by atoms with Crippen molar-refractivity contribution in [2.24, 2.45) is 0 Å². The molecule has 2 aromatic rings. The van der Waals surface area contributed by atoms with Crippen molar-refractivity contribution in [3.8, 4) is 5.75 Å². The van der Waals surface area contributed by atoms with Gasteiger partial charge in [-0.1, -0.05) is 11.6 Å². The number of benzene rings is 1. The van der Waals surface area contributed by atoms with Gasteiger partial charge in [0, 0.05) is 5.69 Å². The highest BCUT2D eigenvalue weighted by atomic mass is 79.9. The van der Waals surface area contributed by atoms with Crippen LogP contribution in [0, 0.1) is 0 Å². The molecule has 0 saturated carbocycles. The van der Waals surface area contributed by atoms with Gasteiger partial charge in [-0.3, -0.25) is 4.79 Å². The molecule has 0 radical (unpaired) electrons. The van der Waals surface area contributed by atoms with Crippen molar-refractivity contribution in [3.05, 3.63) is 46.2 Å². The number of nitrogens with one attached hydrogen (secondary N) is 1. The van der Waals surface area contributed by atoms with Gasteiger partial charge < -0.3 is 15.8 Å². The number of halogens is 2. The Kier molecular flexibility index (Phi) is 4.81. The molecule has 104 valence electrons. The van der Waals surface area contributed by atoms with E-state index in [9.17, 15) is 4.79 Å². The van der Waals surface area contributed by atoms with E-state index in [1.807, 2.05) is 0 Å². The van der Waals surface area contributed by atoms with Crippen LogP contribution in [0.4, 0.5) is 11.4 Å². The number of amides is 1. The Morgan fingerprint density at radius 2 is 2.10 bits per heavy atom. The molecule has 0 fully saturated rings. The predicted molar refractivity (Wildman–Crippen MR) is 81.9 cm³/mol. The van der Waals surface area contributed by atoms with Gasteiger partial charge in [-0.05, 0) is 46.3 Å². The van der Waals surface area contributed by atoms with Crippen LogP contribution in [0.2, 0.25) is 5.15 Å². The lowest BCUT2D eigenvalue weighted by molar-refractivity contribution is -0.118. The normalized spacial score (nSPS) is 10.1. The Bertz CT molecular complexity index is 620. The molecule has 0 atom stereocenters. The zero-order chi connectivity index (χ0) is 14.5. The average Bonchev–Trinajstić information content (AvgIpc) is 2.42. The average molecular weight is 357 g/mol. The van der Waals surface area contributed by atoms with Crippen LogP contribution in [0.1, 0.15) is 0 Å². The summed E-state index contributed by atoms with van der Waals surface area (Å²) in [6.45, 7) is -0.107. The second kappa shape index (κ2) is 6.58. The predicted octanol–water partition coefficient (Wildman–Crippen LogP) is 3.10. The topological polar surface area (TPSA) is 77.2 Å². The summed E-state index contributed by atoms with van der Waals surface area (Å²) in [5.74, 6) is 0.280. The molecule has 3 N–H and O–H groups in total. The first kappa shape index (κ1) is 14.6. The Hall–Kier alpha value is -1.79. The smallest absolute Gasteiger partial charge is 0.262 e. The Labute approximate surface area is 129 Å². The first-order valence-corrected chi connectivity index (χ1v) is 6.81. The zero-order valence-corrected chi connectivity index (χ0v) is 12.6. The number of ether oxygens (including phenoxy) is 1. The van der Waals surface area contributed by atoms with Gasteiger partial charge in [0.15, 0.2) is 6.61 Å². The Morgan fingerprint density at radius 3 is 2.75 bits per heavy atom. The Balaban J connectivity index is 1.89. The number of carbonyl (C=O) groups is 1. The van der Waals surface area contributed by atoms with Gasteiger partial charge in [-0.25, -0.2) is 4.98 Å². The van der Waals surface area contributed by atoms with Crippen LogP contribution in [-0.2, 0) is 4.79 Å². The number of hydrogen-bond donors (Lipinski definition) is 2. The SMILES string of the molecule is Nc1ccc(OCC(=O)Nc2cnc(Cl)c(Br)c2)cc1. The van der Waals surface area contributed by atoms with Crippen molar-refractivity contribution in [2.45, 2.75) is 0 Å². The fraction of sp³-hybridized carbons (Fsp3) is 0.0769. The van der Waals surface area contributed by atoms with Crippen molar-refractivity contribution in [1.29, 1.82) is 0 Å². The third kappa shape index (κ3) is 4.11. The zero-order valence-electron chi connectivity index (χ0n) is 10.3. The number of hydrogen-bond acceptors (Lipinski definition) is 4. The highest BCUT2D eigenvalue weighted by Crippen LogP contribution is 2.22. The molecule has 0 bridgehead atoms. The number of nitrogens with two attached hydrogens (primary N) is 1. The summed E-state index contributed by atoms with van der Waals surface area (Å²) in [6, 6.07) is 8.46. The number of rotatable bonds is 4. The summed E-state index contributed by atoms with van der Waals surface area (Å²) < 4.78 is 5.93. The first-order valence-electron chi connectivity index (χ1n) is 5.64. The molecule has 5 nitrogen and oxygen atoms in total. The van der Waals surface area contributed by atoms with Crippen molar-refractivity contribution >= 4 is 44.8 Å². The number of nitrogens with zero attached hydrogens (tertiary/aromatic N) is 1. The number of carbonyl (C=O) groups excluding carboxylic acids is 1. The van der Waals surface area contributed by atoms with E-state index in [0.29, 0.717) is 26.8 Å². The molecule has 0 aliphatic carbocycles. The second-order valence-electron chi connectivity index (χ2n) is 3.90. The summed E-state index contributed by atoms with van der Waals surface area (Å²) >= 11 is 9.00. The molecule has 1 aromatic heterocycles. The van der Waals surface area contributed by atoms with E-state index in [1.165, 1.54) is 6.20 Å². The fourth-order valence-electron chi connectivity index (χ4n) is 1.40. The van der Waals surface area contributed by atoms with Crippen LogP contribution in [-0.4, -0.2) is 17.5 Å². The van der Waals surface area contributed by atoms with E-state index in [1.54, 1.807) is 30.3 Å². The molecule has 0 spiro atoms. The molecule has 0 aliphatic heterocycles. The van der Waals surface area contributed by atoms with Crippen molar-refractivity contribution in [1.82, 2.24) is 4.98 Å². The third-order valence-corrected chi connectivity index (χ3v) is 3.46. The minimum atomic E-state index is -0.294. The van der Waals surface area contributed by atoms with E-state index in [0.717, 1.165) is 0 Å². The lowest BCUT2D eigenvalue weighted by atomic mass is 10.3. The summed E-state index contributed by atoms with van der Waals surface area (Å²) in [4.78, 5) is 15.6. The lowest BCUT2D eigenvalue weighted by Gasteiger charge is -2.08. The Morgan fingerprint density at radius 1 is 1.40 bits per heavy atom. The second-order valence-corrected chi connectivity index (χ2v) is 5.11. The molecule has 2 rings (SSSR count). The number of pyridine rings is 1. The van der Waals surface area contributed by atoms with Crippen LogP contribution in [0.3, 0.4) is 0 Å². The highest BCUT2D eigenvalue weighted by Gasteiger charge is 2.06. The fourth-order valence-corrected chi connectivity index (χ4v) is 1.85. The minimum absolute atomic E-state index is 0.107. The molecule has 1 amide bonds. The standard InChI is InChI=1S/C13H11BrClN3O2/c14-11-5-9(6-17-13(11)15)18-12(19)7-20-10-3-1-8(16)2-4-10/h1-6H,7,16H2,(H,18,19). The summed E-state index contributed by atoms with van der Waals surface area (Å²) in [5, 5.41) is 2.99. The molecule has 0 saturated heterocycles. The van der Waals surface area contributed by atoms with Crippen LogP contribution < -0.4 is 15.8 Å². The number of nitrogen functional groups attached to an aromatic ring is 1. The monoisotopic (exact) mass is 355 g/mol. The number of aromatic nitrogens is 1. The molecule has 20 heavy (non-hydrogen) atoms. The van der Waals surface area contributed by atoms with Gasteiger partial charge in [0.2, 0.25) is 0 Å². The summed E-state index contributed by atoms with van der Waals surface area (Å²) in [5.41, 5.74) is 6.73. The van der Waals surface area contributed by atoms with E-state index < -0.39 is 0 Å². The third-order valence-electron chi connectivity index (χ3n) is 2.33. The molecule has 0 unspecified atom stereocenters. The summed E-state index contributed by atoms with van der Waals surface area (Å²) in [6.07, 6.45) is 1.47. The van der Waals surface area contributed by atoms with Crippen LogP contribution in [0.5, 0.6) is 5.75 Å². The van der Waals surface area contributed by atoms with E-state index >= 15 is 0 Å². The maximum Gasteiger partial charge on any atom is 0.262 e. The minimum Gasteiger partial charge on any atom is -0.484 e. The van der Waals surface area contributed by atoms with Gasteiger partial charge in [0.25, 0.3) is 5.91 Å². The molecule has 0 aliphatic rings. The summed E-state index contributed by atoms with van der Waals surface area (Å²) in [7, 11) is 0. The van der Waals surface area contributed by atoms with E-state index in [4.69, 9.17) is 22.1 Å². The first-order chi connectivity index (χ1) is 9.54. The van der Waals surface area contributed by atoms with Crippen molar-refractivity contribution in [3.63, 3.8) is 0 Å². The van der Waals surface area contributed by atoms with Gasteiger partial charge in [0.05, 0.1) is 16.4 Å². The van der Waals surface area contributed by atoms with Gasteiger partial charge in [-0.15, -0.1) is 0 Å². The largest absolute Gasteiger partial charge is 0.484 e. The van der Waals surface area contributed by atoms with Crippen molar-refractivity contribution in [2.75, 3.05) is 17.7 Å².